The fourth-order valence-electron chi connectivity index (χ4n) is 4.49. The van der Waals surface area contributed by atoms with Crippen LogP contribution in [-0.4, -0.2) is 26.6 Å². The van der Waals surface area contributed by atoms with Gasteiger partial charge in [0.1, 0.15) is 0 Å². The van der Waals surface area contributed by atoms with E-state index in [2.05, 4.69) is 16.5 Å². The van der Waals surface area contributed by atoms with Crippen molar-refractivity contribution in [2.75, 3.05) is 0 Å². The number of pyridine rings is 1. The standard InChI is InChI=1S/C31H21F3N4O3/c32-31(33,34)26-10-6-19(7-11-26)12-24-17-37-38-18-25(23-3-1-2-21(13-23)15-35)14-27(28(24)38)29(39)36-16-20-4-8-22(9-5-20)30(40)41/h1-11,13-14,17-18H,12,16H2,(H,36,39)(H,40,41). The van der Waals surface area contributed by atoms with Crippen molar-refractivity contribution in [3.05, 3.63) is 130 Å². The van der Waals surface area contributed by atoms with Gasteiger partial charge in [0.25, 0.3) is 5.91 Å². The number of carboxylic acid groups (broad SMARTS) is 1. The molecule has 0 fully saturated rings. The Labute approximate surface area is 232 Å². The number of aromatic nitrogens is 2. The van der Waals surface area contributed by atoms with Crippen LogP contribution in [0.15, 0.2) is 91.3 Å². The Kier molecular flexibility index (Phi) is 7.27. The number of amides is 1. The molecular weight excluding hydrogens is 533 g/mol. The molecule has 204 valence electrons. The molecule has 0 saturated heterocycles. The van der Waals surface area contributed by atoms with Crippen LogP contribution in [0.5, 0.6) is 0 Å². The second-order valence-corrected chi connectivity index (χ2v) is 9.35. The fraction of sp³-hybridized carbons (Fsp3) is 0.0968. The molecule has 1 amide bonds. The Balaban J connectivity index is 1.52. The largest absolute Gasteiger partial charge is 0.478 e. The molecule has 2 heterocycles. The Morgan fingerprint density at radius 1 is 0.951 bits per heavy atom. The molecule has 0 aliphatic heterocycles. The monoisotopic (exact) mass is 554 g/mol. The summed E-state index contributed by atoms with van der Waals surface area (Å²) in [5.41, 5.74) is 3.87. The zero-order chi connectivity index (χ0) is 29.1. The molecule has 2 aromatic heterocycles. The van der Waals surface area contributed by atoms with Crippen molar-refractivity contribution in [1.29, 1.82) is 5.26 Å². The molecular formula is C31H21F3N4O3. The van der Waals surface area contributed by atoms with E-state index in [-0.39, 0.29) is 24.1 Å². The predicted octanol–water partition coefficient (Wildman–Crippen LogP) is 6.11. The van der Waals surface area contributed by atoms with Crippen LogP contribution in [-0.2, 0) is 19.1 Å². The molecule has 0 atom stereocenters. The number of carbonyl (C=O) groups is 2. The van der Waals surface area contributed by atoms with E-state index in [4.69, 9.17) is 5.11 Å². The van der Waals surface area contributed by atoms with Crippen LogP contribution in [0.3, 0.4) is 0 Å². The lowest BCUT2D eigenvalue weighted by Gasteiger charge is -2.12. The molecule has 0 saturated carbocycles. The third-order valence-electron chi connectivity index (χ3n) is 6.59. The smallest absolute Gasteiger partial charge is 0.416 e. The van der Waals surface area contributed by atoms with Gasteiger partial charge in [-0.2, -0.15) is 23.5 Å². The zero-order valence-electron chi connectivity index (χ0n) is 21.3. The first-order chi connectivity index (χ1) is 19.6. The van der Waals surface area contributed by atoms with Gasteiger partial charge in [-0.25, -0.2) is 9.31 Å². The molecule has 0 aliphatic carbocycles. The number of aromatic carboxylic acids is 1. The Hall–Kier alpha value is -5.43. The number of nitrogens with one attached hydrogen (secondary N) is 1. The highest BCUT2D eigenvalue weighted by Gasteiger charge is 2.30. The van der Waals surface area contributed by atoms with Gasteiger partial charge in [0.15, 0.2) is 0 Å². The summed E-state index contributed by atoms with van der Waals surface area (Å²) in [5.74, 6) is -1.48. The van der Waals surface area contributed by atoms with Gasteiger partial charge in [-0.1, -0.05) is 36.4 Å². The second-order valence-electron chi connectivity index (χ2n) is 9.35. The fourth-order valence-corrected chi connectivity index (χ4v) is 4.49. The number of hydrogen-bond acceptors (Lipinski definition) is 4. The summed E-state index contributed by atoms with van der Waals surface area (Å²) in [5, 5.41) is 25.7. The maximum absolute atomic E-state index is 13.5. The number of halogens is 3. The third-order valence-corrected chi connectivity index (χ3v) is 6.59. The van der Waals surface area contributed by atoms with Crippen molar-refractivity contribution >= 4 is 17.4 Å². The average molecular weight is 555 g/mol. The molecule has 5 rings (SSSR count). The number of carbonyl (C=O) groups excluding carboxylic acids is 1. The van der Waals surface area contributed by atoms with Gasteiger partial charge in [-0.15, -0.1) is 0 Å². The number of nitrogens with zero attached hydrogens (tertiary/aromatic N) is 3. The van der Waals surface area contributed by atoms with Gasteiger partial charge >= 0.3 is 12.1 Å². The molecule has 7 nitrogen and oxygen atoms in total. The van der Waals surface area contributed by atoms with E-state index in [0.717, 1.165) is 12.1 Å². The van der Waals surface area contributed by atoms with Gasteiger partial charge in [0, 0.05) is 30.3 Å². The normalized spacial score (nSPS) is 11.3. The number of hydrogen-bond donors (Lipinski definition) is 2. The van der Waals surface area contributed by atoms with Crippen molar-refractivity contribution in [3.63, 3.8) is 0 Å². The highest BCUT2D eigenvalue weighted by atomic mass is 19.4. The van der Waals surface area contributed by atoms with E-state index in [9.17, 15) is 28.0 Å². The van der Waals surface area contributed by atoms with Gasteiger partial charge < -0.3 is 10.4 Å². The zero-order valence-corrected chi connectivity index (χ0v) is 21.3. The van der Waals surface area contributed by atoms with Gasteiger partial charge in [-0.05, 0) is 59.2 Å². The SMILES string of the molecule is N#Cc1cccc(-c2cc(C(=O)NCc3ccc(C(=O)O)cc3)c3c(Cc4ccc(C(F)(F)F)cc4)cnn3c2)c1. The van der Waals surface area contributed by atoms with Crippen molar-refractivity contribution in [2.24, 2.45) is 0 Å². The van der Waals surface area contributed by atoms with E-state index in [1.807, 2.05) is 0 Å². The summed E-state index contributed by atoms with van der Waals surface area (Å²) in [6.07, 6.45) is -0.906. The lowest BCUT2D eigenvalue weighted by molar-refractivity contribution is -0.137. The quantitative estimate of drug-likeness (QED) is 0.252. The minimum Gasteiger partial charge on any atom is -0.478 e. The lowest BCUT2D eigenvalue weighted by Crippen LogP contribution is -2.24. The first-order valence-electron chi connectivity index (χ1n) is 12.4. The number of benzene rings is 3. The number of carboxylic acids is 1. The van der Waals surface area contributed by atoms with Crippen LogP contribution in [0, 0.1) is 11.3 Å². The topological polar surface area (TPSA) is 107 Å². The predicted molar refractivity (Wildman–Crippen MR) is 144 cm³/mol. The summed E-state index contributed by atoms with van der Waals surface area (Å²) >= 11 is 0. The highest BCUT2D eigenvalue weighted by molar-refractivity contribution is 6.02. The van der Waals surface area contributed by atoms with Crippen LogP contribution in [0.2, 0.25) is 0 Å². The maximum atomic E-state index is 13.5. The molecule has 5 aromatic rings. The molecule has 0 radical (unpaired) electrons. The molecule has 0 aliphatic rings. The van der Waals surface area contributed by atoms with Gasteiger partial charge in [-0.3, -0.25) is 4.79 Å². The van der Waals surface area contributed by atoms with E-state index >= 15 is 0 Å². The first-order valence-corrected chi connectivity index (χ1v) is 12.4. The molecule has 0 bridgehead atoms. The Morgan fingerprint density at radius 3 is 2.32 bits per heavy atom. The molecule has 10 heteroatoms. The van der Waals surface area contributed by atoms with Crippen molar-refractivity contribution < 1.29 is 27.9 Å². The van der Waals surface area contributed by atoms with Crippen LogP contribution >= 0.6 is 0 Å². The molecule has 0 spiro atoms. The summed E-state index contributed by atoms with van der Waals surface area (Å²) in [6, 6.07) is 21.6. The minimum absolute atomic E-state index is 0.126. The number of fused-ring (bicyclic) bond motifs is 1. The van der Waals surface area contributed by atoms with Crippen LogP contribution in [0.1, 0.15) is 48.5 Å². The maximum Gasteiger partial charge on any atom is 0.416 e. The Morgan fingerprint density at radius 2 is 1.66 bits per heavy atom. The summed E-state index contributed by atoms with van der Waals surface area (Å²) in [4.78, 5) is 24.7. The minimum atomic E-state index is -4.44. The molecule has 0 unspecified atom stereocenters. The highest BCUT2D eigenvalue weighted by Crippen LogP contribution is 2.30. The molecule has 3 aromatic carbocycles. The van der Waals surface area contributed by atoms with E-state index in [0.29, 0.717) is 38.9 Å². The van der Waals surface area contributed by atoms with Crippen molar-refractivity contribution in [2.45, 2.75) is 19.1 Å². The summed E-state index contributed by atoms with van der Waals surface area (Å²) in [6.45, 7) is 0.126. The summed E-state index contributed by atoms with van der Waals surface area (Å²) in [7, 11) is 0. The summed E-state index contributed by atoms with van der Waals surface area (Å²) < 4.78 is 40.6. The third kappa shape index (κ3) is 5.94. The number of rotatable bonds is 7. The number of nitriles is 1. The molecule has 41 heavy (non-hydrogen) atoms. The van der Waals surface area contributed by atoms with Crippen LogP contribution in [0.4, 0.5) is 13.2 Å². The van der Waals surface area contributed by atoms with Crippen molar-refractivity contribution in [1.82, 2.24) is 14.9 Å². The van der Waals surface area contributed by atoms with E-state index in [1.165, 1.54) is 24.3 Å². The first kappa shape index (κ1) is 27.1. The molecule has 2 N–H and O–H groups in total. The van der Waals surface area contributed by atoms with Crippen LogP contribution < -0.4 is 5.32 Å². The average Bonchev–Trinajstić information content (AvgIpc) is 3.38. The van der Waals surface area contributed by atoms with E-state index < -0.39 is 23.6 Å². The lowest BCUT2D eigenvalue weighted by atomic mass is 9.99. The van der Waals surface area contributed by atoms with Crippen molar-refractivity contribution in [3.8, 4) is 17.2 Å². The van der Waals surface area contributed by atoms with Crippen LogP contribution in [0.25, 0.3) is 16.6 Å². The second kappa shape index (κ2) is 11.0. The van der Waals surface area contributed by atoms with E-state index in [1.54, 1.807) is 59.4 Å². The number of alkyl halides is 3. The van der Waals surface area contributed by atoms with Gasteiger partial charge in [0.2, 0.25) is 0 Å². The Bertz CT molecular complexity index is 1800. The van der Waals surface area contributed by atoms with Gasteiger partial charge in [0.05, 0.1) is 40.0 Å².